The van der Waals surface area contributed by atoms with E-state index in [9.17, 15) is 4.79 Å². The number of nitrogens with two attached hydrogens (primary N) is 1. The highest BCUT2D eigenvalue weighted by atomic mass is 16.5. The first-order valence-electron chi connectivity index (χ1n) is 10.9. The van der Waals surface area contributed by atoms with E-state index in [4.69, 9.17) is 15.5 Å². The van der Waals surface area contributed by atoms with Crippen molar-refractivity contribution in [2.45, 2.75) is 63.6 Å². The minimum Gasteiger partial charge on any atom is -0.480 e. The predicted molar refractivity (Wildman–Crippen MR) is 120 cm³/mol. The molecule has 0 unspecified atom stereocenters. The molecule has 1 aliphatic carbocycles. The summed E-state index contributed by atoms with van der Waals surface area (Å²) in [4.78, 5) is 26.1. The highest BCUT2D eigenvalue weighted by molar-refractivity contribution is 5.94. The summed E-state index contributed by atoms with van der Waals surface area (Å²) in [6, 6.07) is 6.23. The first kappa shape index (κ1) is 19.9. The van der Waals surface area contributed by atoms with E-state index in [1.54, 1.807) is 12.4 Å². The average molecular weight is 418 g/mol. The molecule has 1 aromatic carbocycles. The van der Waals surface area contributed by atoms with Crippen LogP contribution in [0.25, 0.3) is 22.0 Å². The summed E-state index contributed by atoms with van der Waals surface area (Å²) in [6.45, 7) is 3.62. The molecule has 7 heteroatoms. The Balaban J connectivity index is 1.51. The van der Waals surface area contributed by atoms with Gasteiger partial charge in [-0.25, -0.2) is 9.97 Å². The van der Waals surface area contributed by atoms with Crippen molar-refractivity contribution in [2.24, 2.45) is 5.73 Å². The second kappa shape index (κ2) is 7.57. The molecule has 31 heavy (non-hydrogen) atoms. The fourth-order valence-corrected chi connectivity index (χ4v) is 4.44. The number of ketones is 1. The monoisotopic (exact) mass is 417 g/mol. The largest absolute Gasteiger partial charge is 0.480 e. The van der Waals surface area contributed by atoms with Crippen LogP contribution in [0, 0.1) is 0 Å². The third-order valence-corrected chi connectivity index (χ3v) is 6.38. The lowest BCUT2D eigenvalue weighted by molar-refractivity contribution is -0.132. The normalized spacial score (nSPS) is 22.6. The zero-order valence-electron chi connectivity index (χ0n) is 17.9. The third-order valence-electron chi connectivity index (χ3n) is 6.38. The van der Waals surface area contributed by atoms with Gasteiger partial charge in [0.2, 0.25) is 5.95 Å². The van der Waals surface area contributed by atoms with Gasteiger partial charge in [-0.15, -0.1) is 0 Å². The van der Waals surface area contributed by atoms with Crippen molar-refractivity contribution in [3.8, 4) is 16.9 Å². The van der Waals surface area contributed by atoms with E-state index in [1.807, 2.05) is 38.2 Å². The molecule has 7 nitrogen and oxygen atoms in total. The second-order valence-corrected chi connectivity index (χ2v) is 9.05. The van der Waals surface area contributed by atoms with Crippen LogP contribution in [-0.4, -0.2) is 38.4 Å². The standard InChI is InChI=1S/C24H27N5O2/c1-24(2)21(30)10-15-9-14(7-8-20(15)31-24)17-13-26-11-16-12-27-23(29-22(16)17)28-19-6-4-3-5-18(19)25/h7-9,11-13,18-19H,3-6,10,25H2,1-2H3,(H,27,28,29)/t18-,19+/m0/s1. The molecule has 0 radical (unpaired) electrons. The van der Waals surface area contributed by atoms with Crippen LogP contribution in [0.5, 0.6) is 5.75 Å². The van der Waals surface area contributed by atoms with E-state index < -0.39 is 5.60 Å². The van der Waals surface area contributed by atoms with Crippen molar-refractivity contribution >= 4 is 22.6 Å². The molecular formula is C24H27N5O2. The summed E-state index contributed by atoms with van der Waals surface area (Å²) >= 11 is 0. The van der Waals surface area contributed by atoms with Crippen LogP contribution in [0.15, 0.2) is 36.8 Å². The number of hydrogen-bond donors (Lipinski definition) is 2. The Labute approximate surface area is 181 Å². The first-order valence-corrected chi connectivity index (χ1v) is 10.9. The van der Waals surface area contributed by atoms with Crippen LogP contribution < -0.4 is 15.8 Å². The van der Waals surface area contributed by atoms with E-state index >= 15 is 0 Å². The molecule has 3 aromatic rings. The Morgan fingerprint density at radius 2 is 2.00 bits per heavy atom. The average Bonchev–Trinajstić information content (AvgIpc) is 2.75. The van der Waals surface area contributed by atoms with Gasteiger partial charge >= 0.3 is 0 Å². The number of anilines is 1. The van der Waals surface area contributed by atoms with Gasteiger partial charge in [-0.2, -0.15) is 0 Å². The van der Waals surface area contributed by atoms with E-state index in [-0.39, 0.29) is 17.9 Å². The van der Waals surface area contributed by atoms with Gasteiger partial charge in [0.1, 0.15) is 5.75 Å². The molecule has 2 aliphatic rings. The molecule has 0 amide bonds. The van der Waals surface area contributed by atoms with Crippen molar-refractivity contribution in [2.75, 3.05) is 5.32 Å². The number of Topliss-reactive ketones (excluding diaryl/α,β-unsaturated/α-hetero) is 1. The van der Waals surface area contributed by atoms with Crippen molar-refractivity contribution in [3.63, 3.8) is 0 Å². The van der Waals surface area contributed by atoms with Crippen molar-refractivity contribution < 1.29 is 9.53 Å². The lowest BCUT2D eigenvalue weighted by Crippen LogP contribution is -2.42. The zero-order chi connectivity index (χ0) is 21.6. The van der Waals surface area contributed by atoms with Gasteiger partial charge in [-0.1, -0.05) is 18.9 Å². The molecule has 0 spiro atoms. The fraction of sp³-hybridized carbons (Fsp3) is 0.417. The number of ether oxygens (including phenoxy) is 1. The van der Waals surface area contributed by atoms with Crippen LogP contribution in [0.3, 0.4) is 0 Å². The van der Waals surface area contributed by atoms with Gasteiger partial charge in [-0.3, -0.25) is 9.78 Å². The molecule has 5 rings (SSSR count). The Morgan fingerprint density at radius 3 is 2.84 bits per heavy atom. The topological polar surface area (TPSA) is 103 Å². The molecule has 2 atom stereocenters. The van der Waals surface area contributed by atoms with Crippen LogP contribution >= 0.6 is 0 Å². The molecule has 2 aromatic heterocycles. The Hall–Kier alpha value is -3.06. The summed E-state index contributed by atoms with van der Waals surface area (Å²) in [5.41, 5.74) is 9.06. The van der Waals surface area contributed by atoms with Gasteiger partial charge in [0, 0.05) is 53.6 Å². The number of fused-ring (bicyclic) bond motifs is 2. The van der Waals surface area contributed by atoms with E-state index in [2.05, 4.69) is 15.3 Å². The number of carbonyl (C=O) groups is 1. The minimum atomic E-state index is -0.788. The van der Waals surface area contributed by atoms with Gasteiger partial charge < -0.3 is 15.8 Å². The van der Waals surface area contributed by atoms with E-state index in [0.29, 0.717) is 12.4 Å². The maximum atomic E-state index is 12.4. The quantitative estimate of drug-likeness (QED) is 0.670. The van der Waals surface area contributed by atoms with Crippen molar-refractivity contribution in [1.82, 2.24) is 15.0 Å². The fourth-order valence-electron chi connectivity index (χ4n) is 4.44. The second-order valence-electron chi connectivity index (χ2n) is 9.05. The summed E-state index contributed by atoms with van der Waals surface area (Å²) in [5, 5.41) is 4.30. The van der Waals surface area contributed by atoms with Crippen LogP contribution in [0.4, 0.5) is 5.95 Å². The molecule has 160 valence electrons. The van der Waals surface area contributed by atoms with E-state index in [0.717, 1.165) is 46.2 Å². The van der Waals surface area contributed by atoms with Crippen LogP contribution in [-0.2, 0) is 11.2 Å². The molecule has 1 fully saturated rings. The summed E-state index contributed by atoms with van der Waals surface area (Å²) in [6.07, 6.45) is 10.1. The third kappa shape index (κ3) is 3.74. The van der Waals surface area contributed by atoms with Crippen LogP contribution in [0.2, 0.25) is 0 Å². The molecule has 0 bridgehead atoms. The van der Waals surface area contributed by atoms with Crippen LogP contribution in [0.1, 0.15) is 45.1 Å². The Kier molecular flexibility index (Phi) is 4.85. The number of rotatable bonds is 3. The number of carbonyl (C=O) groups excluding carboxylic acids is 1. The van der Waals surface area contributed by atoms with Crippen molar-refractivity contribution in [3.05, 3.63) is 42.4 Å². The first-order chi connectivity index (χ1) is 14.9. The number of nitrogens with one attached hydrogen (secondary N) is 1. The number of aromatic nitrogens is 3. The summed E-state index contributed by atoms with van der Waals surface area (Å²) < 4.78 is 5.91. The van der Waals surface area contributed by atoms with Gasteiger partial charge in [0.05, 0.1) is 5.52 Å². The molecule has 1 aliphatic heterocycles. The molecule has 3 heterocycles. The number of hydrogen-bond acceptors (Lipinski definition) is 7. The molecule has 0 saturated heterocycles. The molecule has 1 saturated carbocycles. The molecular weight excluding hydrogens is 390 g/mol. The van der Waals surface area contributed by atoms with Gasteiger partial charge in [0.15, 0.2) is 11.4 Å². The smallest absolute Gasteiger partial charge is 0.223 e. The molecule has 3 N–H and O–H groups in total. The maximum absolute atomic E-state index is 12.4. The van der Waals surface area contributed by atoms with Gasteiger partial charge in [0.25, 0.3) is 0 Å². The Bertz CT molecular complexity index is 1160. The Morgan fingerprint density at radius 1 is 1.16 bits per heavy atom. The minimum absolute atomic E-state index is 0.0748. The predicted octanol–water partition coefficient (Wildman–Crippen LogP) is 3.66. The number of nitrogens with zero attached hydrogens (tertiary/aromatic N) is 3. The summed E-state index contributed by atoms with van der Waals surface area (Å²) in [5.74, 6) is 1.41. The van der Waals surface area contributed by atoms with E-state index in [1.165, 1.54) is 12.8 Å². The number of benzene rings is 1. The lowest BCUT2D eigenvalue weighted by atomic mass is 9.91. The maximum Gasteiger partial charge on any atom is 0.223 e. The highest BCUT2D eigenvalue weighted by Gasteiger charge is 2.35. The highest BCUT2D eigenvalue weighted by Crippen LogP contribution is 2.35. The van der Waals surface area contributed by atoms with Crippen molar-refractivity contribution in [1.29, 1.82) is 0 Å². The van der Waals surface area contributed by atoms with Gasteiger partial charge in [-0.05, 0) is 44.4 Å². The number of pyridine rings is 1. The SMILES string of the molecule is CC1(C)Oc2ccc(-c3cncc4cnc(N[C@@H]5CCCC[C@@H]5N)nc34)cc2CC1=O. The summed E-state index contributed by atoms with van der Waals surface area (Å²) in [7, 11) is 0. The zero-order valence-corrected chi connectivity index (χ0v) is 17.9. The lowest BCUT2D eigenvalue weighted by Gasteiger charge is -2.31.